The van der Waals surface area contributed by atoms with Crippen molar-refractivity contribution in [1.82, 2.24) is 5.32 Å². The molecule has 1 aromatic carbocycles. The molecule has 5 nitrogen and oxygen atoms in total. The Morgan fingerprint density at radius 3 is 2.46 bits per heavy atom. The summed E-state index contributed by atoms with van der Waals surface area (Å²) >= 11 is 0. The summed E-state index contributed by atoms with van der Waals surface area (Å²) in [5.74, 6) is 0.462. The lowest BCUT2D eigenvalue weighted by Crippen LogP contribution is -2.41. The minimum Gasteiger partial charge on any atom is -0.444 e. The van der Waals surface area contributed by atoms with Gasteiger partial charge in [0.2, 0.25) is 0 Å². The molecule has 1 aromatic rings. The molecule has 0 aromatic heterocycles. The Labute approximate surface area is 157 Å². The van der Waals surface area contributed by atoms with Crippen molar-refractivity contribution < 1.29 is 17.9 Å². The van der Waals surface area contributed by atoms with E-state index in [0.717, 1.165) is 31.2 Å². The van der Waals surface area contributed by atoms with Crippen LogP contribution in [0.1, 0.15) is 58.4 Å². The third-order valence-corrected chi connectivity index (χ3v) is 6.44. The fourth-order valence-corrected chi connectivity index (χ4v) is 4.77. The van der Waals surface area contributed by atoms with Crippen molar-refractivity contribution in [3.8, 4) is 0 Å². The van der Waals surface area contributed by atoms with Crippen LogP contribution in [0, 0.1) is 12.8 Å². The van der Waals surface area contributed by atoms with Crippen LogP contribution in [-0.2, 0) is 14.6 Å². The van der Waals surface area contributed by atoms with Gasteiger partial charge >= 0.3 is 6.09 Å². The van der Waals surface area contributed by atoms with Crippen molar-refractivity contribution in [1.29, 1.82) is 0 Å². The number of alkyl carbamates (subject to hydrolysis) is 1. The van der Waals surface area contributed by atoms with Crippen molar-refractivity contribution in [2.75, 3.05) is 5.75 Å². The largest absolute Gasteiger partial charge is 0.444 e. The fourth-order valence-electron chi connectivity index (χ4n) is 3.34. The topological polar surface area (TPSA) is 72.5 Å². The normalized spacial score (nSPS) is 21.2. The highest BCUT2D eigenvalue weighted by Crippen LogP contribution is 2.28. The van der Waals surface area contributed by atoms with Crippen molar-refractivity contribution in [3.05, 3.63) is 29.8 Å². The van der Waals surface area contributed by atoms with E-state index < -0.39 is 21.5 Å². The van der Waals surface area contributed by atoms with E-state index in [1.54, 1.807) is 12.1 Å². The first-order valence-electron chi connectivity index (χ1n) is 9.34. The number of carbonyl (C=O) groups is 1. The van der Waals surface area contributed by atoms with E-state index in [4.69, 9.17) is 4.74 Å². The van der Waals surface area contributed by atoms with E-state index in [0.29, 0.717) is 17.2 Å². The van der Waals surface area contributed by atoms with Gasteiger partial charge in [-0.1, -0.05) is 30.5 Å². The molecule has 1 saturated carbocycles. The van der Waals surface area contributed by atoms with Crippen molar-refractivity contribution in [2.45, 2.75) is 76.3 Å². The number of aryl methyl sites for hydroxylation is 1. The Bertz CT molecular complexity index is 704. The van der Waals surface area contributed by atoms with Gasteiger partial charge in [0, 0.05) is 6.04 Å². The van der Waals surface area contributed by atoms with Gasteiger partial charge in [0.1, 0.15) is 5.60 Å². The van der Waals surface area contributed by atoms with Crippen LogP contribution in [-0.4, -0.2) is 31.9 Å². The summed E-state index contributed by atoms with van der Waals surface area (Å²) in [5.41, 5.74) is 0.535. The standard InChI is InChI=1S/C20H31NO4S/c1-15-8-10-18(11-9-15)26(23,24)13-12-16-6-5-7-17(14-16)21-19(22)25-20(2,3)4/h8-11,16-17H,5-7,12-14H2,1-4H3,(H,21,22)/t16-,17-/m0/s1. The number of amides is 1. The van der Waals surface area contributed by atoms with Crippen LogP contribution >= 0.6 is 0 Å². The van der Waals surface area contributed by atoms with Crippen molar-refractivity contribution in [2.24, 2.45) is 5.92 Å². The maximum absolute atomic E-state index is 12.5. The second kappa shape index (κ2) is 8.42. The first kappa shape index (κ1) is 20.7. The summed E-state index contributed by atoms with van der Waals surface area (Å²) < 4.78 is 30.3. The molecule has 146 valence electrons. The number of hydrogen-bond acceptors (Lipinski definition) is 4. The third kappa shape index (κ3) is 6.63. The van der Waals surface area contributed by atoms with Crippen LogP contribution in [0.25, 0.3) is 0 Å². The minimum atomic E-state index is -3.25. The maximum atomic E-state index is 12.5. The molecule has 0 unspecified atom stereocenters. The molecule has 1 amide bonds. The van der Waals surface area contributed by atoms with Gasteiger partial charge in [0.05, 0.1) is 10.6 Å². The zero-order chi connectivity index (χ0) is 19.4. The summed E-state index contributed by atoms with van der Waals surface area (Å²) in [7, 11) is -3.25. The Morgan fingerprint density at radius 2 is 1.85 bits per heavy atom. The van der Waals surface area contributed by atoms with Crippen LogP contribution in [0.5, 0.6) is 0 Å². The number of sulfone groups is 1. The van der Waals surface area contributed by atoms with Crippen LogP contribution in [0.3, 0.4) is 0 Å². The molecule has 1 aliphatic carbocycles. The van der Waals surface area contributed by atoms with E-state index in [-0.39, 0.29) is 11.8 Å². The number of nitrogens with one attached hydrogen (secondary N) is 1. The quantitative estimate of drug-likeness (QED) is 0.828. The van der Waals surface area contributed by atoms with E-state index in [9.17, 15) is 13.2 Å². The molecule has 0 spiro atoms. The highest BCUT2D eigenvalue weighted by Gasteiger charge is 2.27. The lowest BCUT2D eigenvalue weighted by molar-refractivity contribution is 0.0484. The summed E-state index contributed by atoms with van der Waals surface area (Å²) in [4.78, 5) is 12.3. The van der Waals surface area contributed by atoms with E-state index in [2.05, 4.69) is 5.32 Å². The van der Waals surface area contributed by atoms with Gasteiger partial charge in [-0.2, -0.15) is 0 Å². The average molecular weight is 382 g/mol. The van der Waals surface area contributed by atoms with Gasteiger partial charge in [-0.25, -0.2) is 13.2 Å². The van der Waals surface area contributed by atoms with Gasteiger partial charge in [0.15, 0.2) is 9.84 Å². The number of hydrogen-bond donors (Lipinski definition) is 1. The molecule has 0 bridgehead atoms. The highest BCUT2D eigenvalue weighted by atomic mass is 32.2. The van der Waals surface area contributed by atoms with Gasteiger partial charge in [-0.05, 0) is 65.0 Å². The van der Waals surface area contributed by atoms with Gasteiger partial charge in [-0.3, -0.25) is 0 Å². The smallest absolute Gasteiger partial charge is 0.407 e. The SMILES string of the molecule is Cc1ccc(S(=O)(=O)CC[C@@H]2CCC[C@H](NC(=O)OC(C)(C)C)C2)cc1. The first-order chi connectivity index (χ1) is 12.0. The lowest BCUT2D eigenvalue weighted by Gasteiger charge is -2.30. The van der Waals surface area contributed by atoms with Crippen LogP contribution < -0.4 is 5.32 Å². The van der Waals surface area contributed by atoms with E-state index in [1.807, 2.05) is 39.8 Å². The summed E-state index contributed by atoms with van der Waals surface area (Å²) in [5, 5.41) is 2.93. The van der Waals surface area contributed by atoms with Crippen LogP contribution in [0.15, 0.2) is 29.2 Å². The zero-order valence-corrected chi connectivity index (χ0v) is 17.1. The van der Waals surface area contributed by atoms with Gasteiger partial charge in [0.25, 0.3) is 0 Å². The average Bonchev–Trinajstić information content (AvgIpc) is 2.52. The molecule has 1 aliphatic rings. The molecule has 0 heterocycles. The Kier molecular flexibility index (Phi) is 6.72. The summed E-state index contributed by atoms with van der Waals surface area (Å²) in [6, 6.07) is 7.07. The molecule has 1 fully saturated rings. The molecular weight excluding hydrogens is 350 g/mol. The molecule has 0 aliphatic heterocycles. The number of ether oxygens (including phenoxy) is 1. The number of rotatable bonds is 5. The third-order valence-electron chi connectivity index (χ3n) is 4.68. The summed E-state index contributed by atoms with van der Waals surface area (Å²) in [6.45, 7) is 7.46. The second-order valence-electron chi connectivity index (χ2n) is 8.30. The molecule has 26 heavy (non-hydrogen) atoms. The predicted molar refractivity (Wildman–Crippen MR) is 103 cm³/mol. The lowest BCUT2D eigenvalue weighted by atomic mass is 9.84. The van der Waals surface area contributed by atoms with Crippen LogP contribution in [0.2, 0.25) is 0 Å². The molecule has 2 atom stereocenters. The maximum Gasteiger partial charge on any atom is 0.407 e. The van der Waals surface area contributed by atoms with Crippen molar-refractivity contribution in [3.63, 3.8) is 0 Å². The summed E-state index contributed by atoms with van der Waals surface area (Å²) in [6.07, 6.45) is 3.97. The Balaban J connectivity index is 1.86. The Morgan fingerprint density at radius 1 is 1.19 bits per heavy atom. The van der Waals surface area contributed by atoms with E-state index >= 15 is 0 Å². The molecule has 0 radical (unpaired) electrons. The molecular formula is C20H31NO4S. The minimum absolute atomic E-state index is 0.0608. The monoisotopic (exact) mass is 381 g/mol. The zero-order valence-electron chi connectivity index (χ0n) is 16.2. The van der Waals surface area contributed by atoms with Gasteiger partial charge in [-0.15, -0.1) is 0 Å². The first-order valence-corrected chi connectivity index (χ1v) is 11.0. The van der Waals surface area contributed by atoms with Crippen LogP contribution in [0.4, 0.5) is 4.79 Å². The molecule has 1 N–H and O–H groups in total. The fraction of sp³-hybridized carbons (Fsp3) is 0.650. The number of carbonyl (C=O) groups excluding carboxylic acids is 1. The Hall–Kier alpha value is -1.56. The van der Waals surface area contributed by atoms with E-state index in [1.165, 1.54) is 0 Å². The second-order valence-corrected chi connectivity index (χ2v) is 10.4. The highest BCUT2D eigenvalue weighted by molar-refractivity contribution is 7.91. The van der Waals surface area contributed by atoms with Crippen molar-refractivity contribution >= 4 is 15.9 Å². The predicted octanol–water partition coefficient (Wildman–Crippen LogP) is 4.24. The number of benzene rings is 1. The molecule has 6 heteroatoms. The molecule has 2 rings (SSSR count). The van der Waals surface area contributed by atoms with Gasteiger partial charge < -0.3 is 10.1 Å². The molecule has 0 saturated heterocycles.